The van der Waals surface area contributed by atoms with Crippen LogP contribution < -0.4 is 0 Å². The van der Waals surface area contributed by atoms with Gasteiger partial charge in [0.2, 0.25) is 5.91 Å². The fourth-order valence-electron chi connectivity index (χ4n) is 5.06. The molecule has 6 heteroatoms. The molecule has 1 atom stereocenters. The molecule has 1 saturated carbocycles. The number of nitrogens with zero attached hydrogens (tertiary/aromatic N) is 2. The molecular weight excluding hydrogens is 345 g/mol. The Hall–Kier alpha value is -2.37. The smallest absolute Gasteiger partial charge is 0.271 e. The van der Waals surface area contributed by atoms with Crippen LogP contribution in [0, 0.1) is 12.7 Å². The van der Waals surface area contributed by atoms with Crippen molar-refractivity contribution in [1.82, 2.24) is 14.8 Å². The Morgan fingerprint density at radius 2 is 1.96 bits per heavy atom. The van der Waals surface area contributed by atoms with E-state index in [0.29, 0.717) is 18.3 Å². The van der Waals surface area contributed by atoms with Crippen LogP contribution in [0.3, 0.4) is 0 Å². The number of aromatic nitrogens is 1. The van der Waals surface area contributed by atoms with Crippen LogP contribution in [0.5, 0.6) is 0 Å². The summed E-state index contributed by atoms with van der Waals surface area (Å²) in [6, 6.07) is 4.89. The first kappa shape index (κ1) is 16.8. The van der Waals surface area contributed by atoms with Gasteiger partial charge in [-0.2, -0.15) is 0 Å². The molecule has 3 heterocycles. The van der Waals surface area contributed by atoms with Crippen LogP contribution in [-0.4, -0.2) is 51.3 Å². The highest BCUT2D eigenvalue weighted by Gasteiger charge is 2.55. The predicted molar refractivity (Wildman–Crippen MR) is 100.0 cm³/mol. The van der Waals surface area contributed by atoms with Gasteiger partial charge < -0.3 is 14.8 Å². The highest BCUT2D eigenvalue weighted by atomic mass is 19.1. The maximum atomic E-state index is 13.6. The lowest BCUT2D eigenvalue weighted by Crippen LogP contribution is -2.61. The average molecular weight is 369 g/mol. The number of piperidine rings is 1. The van der Waals surface area contributed by atoms with Gasteiger partial charge in [0.1, 0.15) is 17.1 Å². The van der Waals surface area contributed by atoms with E-state index < -0.39 is 5.54 Å². The van der Waals surface area contributed by atoms with E-state index >= 15 is 0 Å². The fraction of sp³-hybridized carbons (Fsp3) is 0.524. The zero-order valence-corrected chi connectivity index (χ0v) is 15.6. The number of hydrogen-bond donors (Lipinski definition) is 1. The van der Waals surface area contributed by atoms with Crippen LogP contribution >= 0.6 is 0 Å². The first-order chi connectivity index (χ1) is 13.0. The molecule has 5 rings (SSSR count). The maximum absolute atomic E-state index is 13.6. The number of benzene rings is 1. The van der Waals surface area contributed by atoms with Crippen molar-refractivity contribution in [2.45, 2.75) is 57.0 Å². The van der Waals surface area contributed by atoms with Crippen molar-refractivity contribution in [2.24, 2.45) is 0 Å². The van der Waals surface area contributed by atoms with Crippen LogP contribution in [0.2, 0.25) is 0 Å². The third kappa shape index (κ3) is 2.42. The summed E-state index contributed by atoms with van der Waals surface area (Å²) in [7, 11) is 0. The number of fused-ring (bicyclic) bond motifs is 1. The van der Waals surface area contributed by atoms with Crippen molar-refractivity contribution < 1.29 is 14.0 Å². The van der Waals surface area contributed by atoms with Crippen molar-refractivity contribution in [3.63, 3.8) is 0 Å². The summed E-state index contributed by atoms with van der Waals surface area (Å²) in [4.78, 5) is 33.8. The first-order valence-electron chi connectivity index (χ1n) is 9.92. The number of aromatic amines is 1. The second kappa shape index (κ2) is 5.81. The lowest BCUT2D eigenvalue weighted by atomic mass is 9.85. The molecule has 1 spiro atoms. The third-order valence-electron chi connectivity index (χ3n) is 6.60. The maximum Gasteiger partial charge on any atom is 0.271 e. The van der Waals surface area contributed by atoms with Crippen LogP contribution in [0.1, 0.15) is 54.6 Å². The molecule has 2 aromatic rings. The van der Waals surface area contributed by atoms with E-state index in [1.165, 1.54) is 12.1 Å². The molecule has 1 unspecified atom stereocenters. The van der Waals surface area contributed by atoms with Gasteiger partial charge in [-0.1, -0.05) is 0 Å². The predicted octanol–water partition coefficient (Wildman–Crippen LogP) is 3.38. The number of rotatable bonds is 2. The van der Waals surface area contributed by atoms with Gasteiger partial charge in [-0.05, 0) is 69.2 Å². The summed E-state index contributed by atoms with van der Waals surface area (Å²) in [6.07, 6.45) is 5.46. The van der Waals surface area contributed by atoms with Gasteiger partial charge in [0.05, 0.1) is 0 Å². The number of halogens is 1. The Labute approximate surface area is 157 Å². The number of likely N-dealkylation sites (tertiary alicyclic amines) is 2. The number of carbonyl (C=O) groups excluding carboxylic acids is 2. The van der Waals surface area contributed by atoms with Crippen LogP contribution in [0.25, 0.3) is 10.9 Å². The largest absolute Gasteiger partial charge is 0.350 e. The van der Waals surface area contributed by atoms with E-state index in [4.69, 9.17) is 0 Å². The molecular formula is C21H24FN3O2. The van der Waals surface area contributed by atoms with Crippen molar-refractivity contribution in [1.29, 1.82) is 0 Å². The zero-order valence-electron chi connectivity index (χ0n) is 15.6. The number of carbonyl (C=O) groups is 2. The Morgan fingerprint density at radius 3 is 2.70 bits per heavy atom. The SMILES string of the molecule is Cc1c(C(=O)N2CCCC23CCCN(C2CC2)C3=O)[nH]c2ccc(F)cc12. The number of hydrogen-bond acceptors (Lipinski definition) is 2. The summed E-state index contributed by atoms with van der Waals surface area (Å²) >= 11 is 0. The molecule has 1 aromatic carbocycles. The number of aryl methyl sites for hydroxylation is 1. The molecule has 142 valence electrons. The van der Waals surface area contributed by atoms with E-state index in [2.05, 4.69) is 4.98 Å². The van der Waals surface area contributed by atoms with Crippen LogP contribution in [-0.2, 0) is 4.79 Å². The van der Waals surface area contributed by atoms with E-state index in [0.717, 1.165) is 61.5 Å². The van der Waals surface area contributed by atoms with Gasteiger partial charge in [0.25, 0.3) is 5.91 Å². The Kier molecular flexibility index (Phi) is 3.61. The molecule has 5 nitrogen and oxygen atoms in total. The van der Waals surface area contributed by atoms with Crippen molar-refractivity contribution in [3.05, 3.63) is 35.3 Å². The van der Waals surface area contributed by atoms with Gasteiger partial charge in [0.15, 0.2) is 0 Å². The standard InChI is InChI=1S/C21H24FN3O2/c1-13-16-12-14(22)4-7-17(16)23-18(13)19(26)25-11-3-9-21(25)8-2-10-24(20(21)27)15-5-6-15/h4,7,12,15,23H,2-3,5-6,8-11H2,1H3. The van der Waals surface area contributed by atoms with Crippen molar-refractivity contribution >= 4 is 22.7 Å². The molecule has 2 aliphatic heterocycles. The van der Waals surface area contributed by atoms with Crippen molar-refractivity contribution in [2.75, 3.05) is 13.1 Å². The second-order valence-corrected chi connectivity index (χ2v) is 8.24. The van der Waals surface area contributed by atoms with Gasteiger partial charge in [-0.3, -0.25) is 9.59 Å². The molecule has 0 bridgehead atoms. The molecule has 2 amide bonds. The van der Waals surface area contributed by atoms with Gasteiger partial charge in [-0.25, -0.2) is 4.39 Å². The van der Waals surface area contributed by atoms with Gasteiger partial charge in [0, 0.05) is 30.0 Å². The van der Waals surface area contributed by atoms with E-state index in [1.807, 2.05) is 11.8 Å². The number of amides is 2. The van der Waals surface area contributed by atoms with E-state index in [1.54, 1.807) is 11.0 Å². The molecule has 1 aromatic heterocycles. The van der Waals surface area contributed by atoms with Gasteiger partial charge in [-0.15, -0.1) is 0 Å². The summed E-state index contributed by atoms with van der Waals surface area (Å²) in [5, 5.41) is 0.723. The first-order valence-corrected chi connectivity index (χ1v) is 9.92. The highest BCUT2D eigenvalue weighted by molar-refractivity contribution is 6.04. The topological polar surface area (TPSA) is 56.4 Å². The monoisotopic (exact) mass is 369 g/mol. The molecule has 3 aliphatic rings. The highest BCUT2D eigenvalue weighted by Crippen LogP contribution is 2.42. The second-order valence-electron chi connectivity index (χ2n) is 8.24. The number of H-pyrrole nitrogens is 1. The third-order valence-corrected chi connectivity index (χ3v) is 6.60. The molecule has 1 N–H and O–H groups in total. The molecule has 1 aliphatic carbocycles. The summed E-state index contributed by atoms with van der Waals surface area (Å²) in [5.74, 6) is -0.307. The normalized spacial score (nSPS) is 25.8. The molecule has 3 fully saturated rings. The van der Waals surface area contributed by atoms with E-state index in [-0.39, 0.29) is 17.6 Å². The minimum absolute atomic E-state index is 0.132. The minimum atomic E-state index is -0.688. The Balaban J connectivity index is 1.52. The van der Waals surface area contributed by atoms with E-state index in [9.17, 15) is 14.0 Å². The lowest BCUT2D eigenvalue weighted by molar-refractivity contribution is -0.146. The average Bonchev–Trinajstić information content (AvgIpc) is 3.34. The van der Waals surface area contributed by atoms with Crippen LogP contribution in [0.4, 0.5) is 4.39 Å². The summed E-state index contributed by atoms with van der Waals surface area (Å²) in [5.41, 5.74) is 1.29. The quantitative estimate of drug-likeness (QED) is 0.882. The molecule has 0 radical (unpaired) electrons. The fourth-order valence-corrected chi connectivity index (χ4v) is 5.06. The minimum Gasteiger partial charge on any atom is -0.350 e. The summed E-state index contributed by atoms with van der Waals surface area (Å²) < 4.78 is 13.6. The van der Waals surface area contributed by atoms with Crippen molar-refractivity contribution in [3.8, 4) is 0 Å². The molecule has 27 heavy (non-hydrogen) atoms. The van der Waals surface area contributed by atoms with Crippen LogP contribution in [0.15, 0.2) is 18.2 Å². The molecule has 2 saturated heterocycles. The zero-order chi connectivity index (χ0) is 18.8. The number of nitrogens with one attached hydrogen (secondary N) is 1. The summed E-state index contributed by atoms with van der Waals surface area (Å²) in [6.45, 7) is 3.26. The Morgan fingerprint density at radius 1 is 1.22 bits per heavy atom. The Bertz CT molecular complexity index is 948. The van der Waals surface area contributed by atoms with Gasteiger partial charge >= 0.3 is 0 Å². The lowest BCUT2D eigenvalue weighted by Gasteiger charge is -2.44.